The molecule has 0 aromatic heterocycles. The van der Waals surface area contributed by atoms with Crippen LogP contribution in [0.25, 0.3) is 0 Å². The number of ether oxygens (including phenoxy) is 2. The molecule has 0 spiro atoms. The van der Waals surface area contributed by atoms with Gasteiger partial charge in [-0.3, -0.25) is 9.59 Å². The minimum Gasteiger partial charge on any atom is -0.481 e. The molecule has 5 fully saturated rings. The van der Waals surface area contributed by atoms with Crippen molar-refractivity contribution in [2.75, 3.05) is 6.61 Å². The van der Waals surface area contributed by atoms with Gasteiger partial charge in [-0.25, -0.2) is 0 Å². The molecule has 0 unspecified atom stereocenters. The van der Waals surface area contributed by atoms with Crippen molar-refractivity contribution in [2.45, 2.75) is 137 Å². The van der Waals surface area contributed by atoms with Crippen LogP contribution in [0.3, 0.4) is 0 Å². The van der Waals surface area contributed by atoms with E-state index in [0.717, 1.165) is 38.5 Å². The first-order valence-corrected chi connectivity index (χ1v) is 16.6. The van der Waals surface area contributed by atoms with Crippen LogP contribution in [-0.4, -0.2) is 69.5 Å². The predicted octanol–water partition coefficient (Wildman–Crippen LogP) is 4.88. The molecule has 1 heterocycles. The van der Waals surface area contributed by atoms with E-state index in [2.05, 4.69) is 54.5 Å². The molecule has 1 saturated heterocycles. The van der Waals surface area contributed by atoms with Gasteiger partial charge in [0, 0.05) is 0 Å². The zero-order valence-corrected chi connectivity index (χ0v) is 27.2. The minimum atomic E-state index is -1.48. The van der Waals surface area contributed by atoms with Gasteiger partial charge >= 0.3 is 5.97 Å². The molecular weight excluding hydrogens is 548 g/mol. The second-order valence-electron chi connectivity index (χ2n) is 17.3. The Bertz CT molecular complexity index is 1210. The molecule has 0 radical (unpaired) electrons. The van der Waals surface area contributed by atoms with E-state index < -0.39 is 41.8 Å². The summed E-state index contributed by atoms with van der Waals surface area (Å²) in [6, 6.07) is 0. The summed E-state index contributed by atoms with van der Waals surface area (Å²) in [7, 11) is 0. The van der Waals surface area contributed by atoms with Crippen molar-refractivity contribution in [1.29, 1.82) is 0 Å². The molecule has 1 aliphatic heterocycles. The Morgan fingerprint density at radius 2 is 1.63 bits per heavy atom. The van der Waals surface area contributed by atoms with Crippen LogP contribution in [0.1, 0.15) is 106 Å². The Hall–Kier alpha value is -1.32. The van der Waals surface area contributed by atoms with Gasteiger partial charge in [0.25, 0.3) is 0 Å². The molecule has 8 heteroatoms. The SMILES string of the molecule is CC1(C)C[C@H]2C3=CC[C@@H]4[C@@]5(C)CC[C@H](O[C@H]6OCC(=O)[C@H](O)[C@H]6O)C(C)(C)[C@@H]5CC[C@@]4(C)[C@]3(C)CC[C@@]2(C(=O)O)C[C@H]1O. The van der Waals surface area contributed by atoms with Gasteiger partial charge in [0.1, 0.15) is 18.8 Å². The summed E-state index contributed by atoms with van der Waals surface area (Å²) >= 11 is 0. The summed E-state index contributed by atoms with van der Waals surface area (Å²) < 4.78 is 11.9. The molecule has 0 bridgehead atoms. The molecule has 5 aliphatic carbocycles. The highest BCUT2D eigenvalue weighted by atomic mass is 16.7. The smallest absolute Gasteiger partial charge is 0.310 e. The van der Waals surface area contributed by atoms with Crippen molar-refractivity contribution < 1.29 is 39.5 Å². The van der Waals surface area contributed by atoms with Crippen LogP contribution in [0.4, 0.5) is 0 Å². The number of carboxylic acid groups (broad SMARTS) is 1. The quantitative estimate of drug-likeness (QED) is 0.266. The Morgan fingerprint density at radius 3 is 2.30 bits per heavy atom. The Balaban J connectivity index is 1.31. The van der Waals surface area contributed by atoms with Crippen LogP contribution in [0.2, 0.25) is 0 Å². The largest absolute Gasteiger partial charge is 0.481 e. The van der Waals surface area contributed by atoms with Crippen molar-refractivity contribution >= 4 is 11.8 Å². The van der Waals surface area contributed by atoms with Crippen molar-refractivity contribution in [2.24, 2.45) is 50.2 Å². The van der Waals surface area contributed by atoms with E-state index in [0.29, 0.717) is 31.1 Å². The first-order chi connectivity index (χ1) is 19.8. The highest BCUT2D eigenvalue weighted by Crippen LogP contribution is 2.76. The van der Waals surface area contributed by atoms with E-state index in [4.69, 9.17) is 9.47 Å². The fraction of sp³-hybridized carbons (Fsp3) is 0.886. The second-order valence-corrected chi connectivity index (χ2v) is 17.3. The Labute approximate surface area is 256 Å². The van der Waals surface area contributed by atoms with Crippen LogP contribution < -0.4 is 0 Å². The molecule has 12 atom stereocenters. The van der Waals surface area contributed by atoms with Gasteiger partial charge in [-0.05, 0) is 103 Å². The van der Waals surface area contributed by atoms with Gasteiger partial charge in [0.05, 0.1) is 17.6 Å². The number of rotatable bonds is 3. The van der Waals surface area contributed by atoms with E-state index in [1.165, 1.54) is 5.57 Å². The van der Waals surface area contributed by atoms with Gasteiger partial charge in [-0.1, -0.05) is 60.1 Å². The summed E-state index contributed by atoms with van der Waals surface area (Å²) in [5, 5.41) is 42.3. The lowest BCUT2D eigenvalue weighted by Crippen LogP contribution is -2.66. The predicted molar refractivity (Wildman–Crippen MR) is 160 cm³/mol. The zero-order valence-electron chi connectivity index (χ0n) is 27.2. The van der Waals surface area contributed by atoms with Crippen molar-refractivity contribution in [3.63, 3.8) is 0 Å². The number of fused-ring (bicyclic) bond motifs is 7. The molecule has 0 aromatic carbocycles. The fourth-order valence-corrected chi connectivity index (χ4v) is 11.8. The molecule has 4 N–H and O–H groups in total. The van der Waals surface area contributed by atoms with Gasteiger partial charge in [0.15, 0.2) is 12.1 Å². The third-order valence-electron chi connectivity index (χ3n) is 14.8. The van der Waals surface area contributed by atoms with E-state index >= 15 is 0 Å². The van der Waals surface area contributed by atoms with Crippen molar-refractivity contribution in [3.05, 3.63) is 11.6 Å². The molecule has 43 heavy (non-hydrogen) atoms. The molecule has 242 valence electrons. The number of hydrogen-bond acceptors (Lipinski definition) is 7. The number of hydrogen-bond donors (Lipinski definition) is 4. The number of aliphatic hydroxyl groups excluding tert-OH is 3. The summed E-state index contributed by atoms with van der Waals surface area (Å²) in [5.74, 6) is -0.530. The summed E-state index contributed by atoms with van der Waals surface area (Å²) in [5.41, 5.74) is -0.141. The number of aliphatic hydroxyl groups is 3. The average Bonchev–Trinajstić information content (AvgIpc) is 2.91. The number of carboxylic acids is 1. The maximum atomic E-state index is 12.9. The standard InChI is InChI=1S/C35H54O8/c1-30(2)16-20-19-8-9-23-32(5)12-11-25(43-28-27(39)26(38)21(36)18-42-28)31(3,4)22(32)10-13-34(23,7)33(19,6)14-15-35(20,29(40)41)17-24(30)37/h8,20,22-28,37-39H,9-18H2,1-7H3,(H,40,41)/t20-,22-,23+,24+,25-,26-,27+,28+,32-,33+,34+,35+/m0/s1. The molecule has 4 saturated carbocycles. The van der Waals surface area contributed by atoms with E-state index in [-0.39, 0.29) is 45.7 Å². The first kappa shape index (κ1) is 31.7. The fourth-order valence-electron chi connectivity index (χ4n) is 11.8. The summed E-state index contributed by atoms with van der Waals surface area (Å²) in [6.45, 7) is 15.8. The molecule has 6 rings (SSSR count). The highest BCUT2D eigenvalue weighted by molar-refractivity contribution is 5.85. The second kappa shape index (κ2) is 9.84. The lowest BCUT2D eigenvalue weighted by Gasteiger charge is -2.71. The summed E-state index contributed by atoms with van der Waals surface area (Å²) in [4.78, 5) is 24.8. The third-order valence-corrected chi connectivity index (χ3v) is 14.8. The number of ketones is 1. The number of carbonyl (C=O) groups is 2. The van der Waals surface area contributed by atoms with E-state index in [1.54, 1.807) is 0 Å². The highest BCUT2D eigenvalue weighted by Gasteiger charge is 2.70. The minimum absolute atomic E-state index is 0.0180. The molecule has 0 aromatic rings. The Morgan fingerprint density at radius 1 is 0.930 bits per heavy atom. The molecule has 8 nitrogen and oxygen atoms in total. The molecular formula is C35H54O8. The van der Waals surface area contributed by atoms with Gasteiger partial charge in [-0.15, -0.1) is 0 Å². The molecule has 6 aliphatic rings. The van der Waals surface area contributed by atoms with Crippen LogP contribution in [0, 0.1) is 50.2 Å². The van der Waals surface area contributed by atoms with Gasteiger partial charge in [-0.2, -0.15) is 0 Å². The monoisotopic (exact) mass is 602 g/mol. The zero-order chi connectivity index (χ0) is 31.5. The number of aliphatic carboxylic acids is 1. The number of carbonyl (C=O) groups excluding carboxylic acids is 1. The van der Waals surface area contributed by atoms with Crippen LogP contribution in [0.5, 0.6) is 0 Å². The van der Waals surface area contributed by atoms with Crippen molar-refractivity contribution in [1.82, 2.24) is 0 Å². The maximum Gasteiger partial charge on any atom is 0.310 e. The van der Waals surface area contributed by atoms with Gasteiger partial charge < -0.3 is 29.9 Å². The topological polar surface area (TPSA) is 134 Å². The first-order valence-electron chi connectivity index (χ1n) is 16.6. The van der Waals surface area contributed by atoms with Crippen molar-refractivity contribution in [3.8, 4) is 0 Å². The van der Waals surface area contributed by atoms with E-state index in [9.17, 15) is 30.0 Å². The lowest BCUT2D eigenvalue weighted by atomic mass is 9.33. The summed E-state index contributed by atoms with van der Waals surface area (Å²) in [6.07, 6.45) is 5.00. The van der Waals surface area contributed by atoms with Crippen LogP contribution in [-0.2, 0) is 19.1 Å². The lowest BCUT2D eigenvalue weighted by molar-refractivity contribution is -0.285. The Kier molecular flexibility index (Phi) is 7.24. The van der Waals surface area contributed by atoms with E-state index in [1.807, 2.05) is 0 Å². The maximum absolute atomic E-state index is 12.9. The van der Waals surface area contributed by atoms with Crippen LogP contribution in [0.15, 0.2) is 11.6 Å². The number of allylic oxidation sites excluding steroid dienone is 2. The molecule has 0 amide bonds. The normalized spacial score (nSPS) is 52.1. The number of Topliss-reactive ketones (excluding diaryl/α,β-unsaturated/α-hetero) is 1. The van der Waals surface area contributed by atoms with Gasteiger partial charge in [0.2, 0.25) is 0 Å². The average molecular weight is 603 g/mol. The van der Waals surface area contributed by atoms with Crippen LogP contribution >= 0.6 is 0 Å². The third kappa shape index (κ3) is 4.18.